The van der Waals surface area contributed by atoms with E-state index in [0.29, 0.717) is 37.0 Å². The lowest BCUT2D eigenvalue weighted by Crippen LogP contribution is -2.42. The summed E-state index contributed by atoms with van der Waals surface area (Å²) >= 11 is 0. The Morgan fingerprint density at radius 2 is 2.26 bits per heavy atom. The maximum atomic E-state index is 12.6. The lowest BCUT2D eigenvalue weighted by Gasteiger charge is -2.31. The van der Waals surface area contributed by atoms with Crippen molar-refractivity contribution in [2.24, 2.45) is 0 Å². The van der Waals surface area contributed by atoms with Gasteiger partial charge in [-0.25, -0.2) is 15.0 Å². The highest BCUT2D eigenvalue weighted by atomic mass is 16.5. The summed E-state index contributed by atoms with van der Waals surface area (Å²) in [5, 5.41) is 7.11. The van der Waals surface area contributed by atoms with E-state index in [0.717, 1.165) is 5.82 Å². The monoisotopic (exact) mass is 316 g/mol. The van der Waals surface area contributed by atoms with Gasteiger partial charge in [0.25, 0.3) is 5.91 Å². The van der Waals surface area contributed by atoms with Crippen LogP contribution in [-0.4, -0.2) is 55.7 Å². The maximum Gasteiger partial charge on any atom is 0.272 e. The Morgan fingerprint density at radius 3 is 2.96 bits per heavy atom. The van der Waals surface area contributed by atoms with Crippen molar-refractivity contribution in [2.75, 3.05) is 19.7 Å². The SMILES string of the molecule is Cc1nccc(C(=O)N2CCO[C@@H](c3nc(C(C)C)n[nH]3)C2)n1. The van der Waals surface area contributed by atoms with Gasteiger partial charge in [0.05, 0.1) is 13.2 Å². The Morgan fingerprint density at radius 1 is 1.43 bits per heavy atom. The molecule has 23 heavy (non-hydrogen) atoms. The number of aromatic nitrogens is 5. The zero-order chi connectivity index (χ0) is 16.4. The number of carbonyl (C=O) groups excluding carboxylic acids is 1. The maximum absolute atomic E-state index is 12.6. The van der Waals surface area contributed by atoms with Crippen molar-refractivity contribution in [1.82, 2.24) is 30.0 Å². The number of aromatic amines is 1. The molecule has 1 atom stereocenters. The fourth-order valence-corrected chi connectivity index (χ4v) is 2.43. The molecule has 3 rings (SSSR count). The van der Waals surface area contributed by atoms with Gasteiger partial charge in [-0.05, 0) is 13.0 Å². The second kappa shape index (κ2) is 6.41. The first-order valence-electron chi connectivity index (χ1n) is 7.67. The van der Waals surface area contributed by atoms with Crippen molar-refractivity contribution in [3.05, 3.63) is 35.4 Å². The summed E-state index contributed by atoms with van der Waals surface area (Å²) in [6.07, 6.45) is 1.30. The van der Waals surface area contributed by atoms with Crippen molar-refractivity contribution in [3.63, 3.8) is 0 Å². The second-order valence-corrected chi connectivity index (χ2v) is 5.83. The molecule has 8 heteroatoms. The largest absolute Gasteiger partial charge is 0.367 e. The van der Waals surface area contributed by atoms with Gasteiger partial charge < -0.3 is 9.64 Å². The Hall–Kier alpha value is -2.35. The van der Waals surface area contributed by atoms with E-state index >= 15 is 0 Å². The van der Waals surface area contributed by atoms with Gasteiger partial charge in [-0.15, -0.1) is 0 Å². The second-order valence-electron chi connectivity index (χ2n) is 5.83. The van der Waals surface area contributed by atoms with Crippen molar-refractivity contribution >= 4 is 5.91 Å². The molecule has 0 radical (unpaired) electrons. The molecule has 1 aliphatic rings. The summed E-state index contributed by atoms with van der Waals surface area (Å²) in [7, 11) is 0. The van der Waals surface area contributed by atoms with Crippen LogP contribution in [0, 0.1) is 6.92 Å². The van der Waals surface area contributed by atoms with Crippen LogP contribution < -0.4 is 0 Å². The standard InChI is InChI=1S/C15H20N6O2/c1-9(2)13-18-14(20-19-13)12-8-21(6-7-23-12)15(22)11-4-5-16-10(3)17-11/h4-5,9,12H,6-8H2,1-3H3,(H,18,19,20)/t12-/m1/s1. The van der Waals surface area contributed by atoms with Gasteiger partial charge >= 0.3 is 0 Å². The topological polar surface area (TPSA) is 96.9 Å². The lowest BCUT2D eigenvalue weighted by atomic mass is 10.2. The van der Waals surface area contributed by atoms with Crippen LogP contribution in [0.5, 0.6) is 0 Å². The average Bonchev–Trinajstić information content (AvgIpc) is 3.04. The fraction of sp³-hybridized carbons (Fsp3) is 0.533. The van der Waals surface area contributed by atoms with Crippen LogP contribution in [0.15, 0.2) is 12.3 Å². The van der Waals surface area contributed by atoms with Crippen LogP contribution in [-0.2, 0) is 4.74 Å². The third kappa shape index (κ3) is 3.37. The number of carbonyl (C=O) groups is 1. The highest BCUT2D eigenvalue weighted by Crippen LogP contribution is 2.21. The van der Waals surface area contributed by atoms with Gasteiger partial charge in [-0.2, -0.15) is 5.10 Å². The number of H-pyrrole nitrogens is 1. The highest BCUT2D eigenvalue weighted by molar-refractivity contribution is 5.92. The minimum atomic E-state index is -0.296. The molecule has 1 N–H and O–H groups in total. The van der Waals surface area contributed by atoms with Gasteiger partial charge in [0.2, 0.25) is 0 Å². The molecule has 0 unspecified atom stereocenters. The molecule has 1 amide bonds. The lowest BCUT2D eigenvalue weighted by molar-refractivity contribution is -0.0268. The summed E-state index contributed by atoms with van der Waals surface area (Å²) in [6, 6.07) is 1.63. The number of nitrogens with zero attached hydrogens (tertiary/aromatic N) is 5. The number of morpholine rings is 1. The molecular weight excluding hydrogens is 296 g/mol. The summed E-state index contributed by atoms with van der Waals surface area (Å²) in [4.78, 5) is 27.0. The molecule has 0 aliphatic carbocycles. The molecule has 2 aromatic rings. The van der Waals surface area contributed by atoms with Gasteiger partial charge in [0.1, 0.15) is 17.6 Å². The zero-order valence-corrected chi connectivity index (χ0v) is 13.5. The van der Waals surface area contributed by atoms with E-state index in [1.807, 2.05) is 13.8 Å². The van der Waals surface area contributed by atoms with E-state index in [-0.39, 0.29) is 17.9 Å². The predicted octanol–water partition coefficient (Wildman–Crippen LogP) is 1.24. The summed E-state index contributed by atoms with van der Waals surface area (Å²) in [5.41, 5.74) is 0.401. The van der Waals surface area contributed by atoms with E-state index in [4.69, 9.17) is 4.74 Å². The highest BCUT2D eigenvalue weighted by Gasteiger charge is 2.29. The van der Waals surface area contributed by atoms with Crippen molar-refractivity contribution < 1.29 is 9.53 Å². The average molecular weight is 316 g/mol. The van der Waals surface area contributed by atoms with Crippen molar-refractivity contribution in [2.45, 2.75) is 32.8 Å². The van der Waals surface area contributed by atoms with Crippen molar-refractivity contribution in [3.8, 4) is 0 Å². The Bertz CT molecular complexity index is 699. The van der Waals surface area contributed by atoms with Crippen LogP contribution in [0.2, 0.25) is 0 Å². The van der Waals surface area contributed by atoms with Gasteiger partial charge in [-0.3, -0.25) is 9.89 Å². The first-order valence-corrected chi connectivity index (χ1v) is 7.67. The normalized spacial score (nSPS) is 18.4. The molecule has 1 aliphatic heterocycles. The summed E-state index contributed by atoms with van der Waals surface area (Å²) in [5.74, 6) is 2.11. The first kappa shape index (κ1) is 15.5. The van der Waals surface area contributed by atoms with Crippen LogP contribution in [0.3, 0.4) is 0 Å². The molecule has 0 bridgehead atoms. The molecule has 0 aromatic carbocycles. The molecule has 1 saturated heterocycles. The number of hydrogen-bond donors (Lipinski definition) is 1. The molecular formula is C15H20N6O2. The van der Waals surface area contributed by atoms with Crippen LogP contribution in [0.25, 0.3) is 0 Å². The molecule has 122 valence electrons. The Labute approximate surface area is 134 Å². The number of aryl methyl sites for hydroxylation is 1. The number of nitrogens with one attached hydrogen (secondary N) is 1. The number of rotatable bonds is 3. The van der Waals surface area contributed by atoms with Gasteiger partial charge in [0.15, 0.2) is 11.6 Å². The van der Waals surface area contributed by atoms with Gasteiger partial charge in [0, 0.05) is 18.7 Å². The minimum Gasteiger partial charge on any atom is -0.367 e. The summed E-state index contributed by atoms with van der Waals surface area (Å²) < 4.78 is 5.74. The smallest absolute Gasteiger partial charge is 0.272 e. The number of ether oxygens (including phenoxy) is 1. The third-order valence-electron chi connectivity index (χ3n) is 3.69. The molecule has 2 aromatic heterocycles. The molecule has 8 nitrogen and oxygen atoms in total. The molecule has 3 heterocycles. The van der Waals surface area contributed by atoms with E-state index in [9.17, 15) is 4.79 Å². The van der Waals surface area contributed by atoms with E-state index in [2.05, 4.69) is 25.1 Å². The third-order valence-corrected chi connectivity index (χ3v) is 3.69. The van der Waals surface area contributed by atoms with Crippen LogP contribution in [0.4, 0.5) is 0 Å². The van der Waals surface area contributed by atoms with Crippen LogP contribution in [0.1, 0.15) is 53.8 Å². The number of hydrogen-bond acceptors (Lipinski definition) is 6. The van der Waals surface area contributed by atoms with E-state index < -0.39 is 0 Å². The predicted molar refractivity (Wildman–Crippen MR) is 81.8 cm³/mol. The summed E-state index contributed by atoms with van der Waals surface area (Å²) in [6.45, 7) is 7.24. The molecule has 1 fully saturated rings. The van der Waals surface area contributed by atoms with Gasteiger partial charge in [-0.1, -0.05) is 13.8 Å². The zero-order valence-electron chi connectivity index (χ0n) is 13.5. The van der Waals surface area contributed by atoms with Crippen molar-refractivity contribution in [1.29, 1.82) is 0 Å². The minimum absolute atomic E-state index is 0.118. The van der Waals surface area contributed by atoms with E-state index in [1.54, 1.807) is 24.1 Å². The Kier molecular flexibility index (Phi) is 4.33. The molecule has 0 saturated carbocycles. The quantitative estimate of drug-likeness (QED) is 0.915. The van der Waals surface area contributed by atoms with E-state index in [1.165, 1.54) is 0 Å². The van der Waals surface area contributed by atoms with Crippen LogP contribution >= 0.6 is 0 Å². The number of amides is 1. The Balaban J connectivity index is 1.73. The first-order chi connectivity index (χ1) is 11.0. The molecule has 0 spiro atoms. The fourth-order valence-electron chi connectivity index (χ4n) is 2.43.